The lowest BCUT2D eigenvalue weighted by Gasteiger charge is -2.08. The molecule has 0 radical (unpaired) electrons. The molecule has 0 aliphatic carbocycles. The number of pyridine rings is 1. The Morgan fingerprint density at radius 3 is 2.74 bits per heavy atom. The van der Waals surface area contributed by atoms with Gasteiger partial charge in [-0.1, -0.05) is 12.1 Å². The number of aromatic nitrogens is 1. The first-order valence-corrected chi connectivity index (χ1v) is 6.57. The van der Waals surface area contributed by atoms with E-state index in [4.69, 9.17) is 5.11 Å². The van der Waals surface area contributed by atoms with Gasteiger partial charge in [0.15, 0.2) is 0 Å². The summed E-state index contributed by atoms with van der Waals surface area (Å²) in [7, 11) is 0. The molecule has 0 fully saturated rings. The Balaban J connectivity index is 2.33. The summed E-state index contributed by atoms with van der Waals surface area (Å²) in [4.78, 5) is 15.0. The van der Waals surface area contributed by atoms with Gasteiger partial charge in [0.25, 0.3) is 5.56 Å². The van der Waals surface area contributed by atoms with E-state index in [0.717, 1.165) is 27.6 Å². The maximum absolute atomic E-state index is 12.0. The molecule has 0 aliphatic heterocycles. The second-order valence-electron chi connectivity index (χ2n) is 4.87. The molecule has 4 heteroatoms. The summed E-state index contributed by atoms with van der Waals surface area (Å²) in [5.74, 6) is 0. The minimum atomic E-state index is -0.0438. The van der Waals surface area contributed by atoms with E-state index in [1.807, 2.05) is 26.0 Å². The molecule has 0 atom stereocenters. The van der Waals surface area contributed by atoms with Crippen LogP contribution in [0.25, 0.3) is 10.9 Å². The number of rotatable bonds is 5. The number of nitrogens with one attached hydrogen (secondary N) is 2. The van der Waals surface area contributed by atoms with Crippen molar-refractivity contribution in [1.82, 2.24) is 10.3 Å². The number of aromatic amines is 1. The third kappa shape index (κ3) is 3.03. The Bertz CT molecular complexity index is 632. The highest BCUT2D eigenvalue weighted by atomic mass is 16.3. The first kappa shape index (κ1) is 13.8. The SMILES string of the molecule is Cc1ccc(C)c2[nH]c(=O)c(CNCCCO)cc12. The largest absolute Gasteiger partial charge is 0.396 e. The van der Waals surface area contributed by atoms with Crippen LogP contribution in [0.2, 0.25) is 0 Å². The maximum Gasteiger partial charge on any atom is 0.252 e. The number of fused-ring (bicyclic) bond motifs is 1. The first-order chi connectivity index (χ1) is 9.13. The van der Waals surface area contributed by atoms with Crippen LogP contribution >= 0.6 is 0 Å². The van der Waals surface area contributed by atoms with Crippen LogP contribution in [-0.4, -0.2) is 23.2 Å². The maximum atomic E-state index is 12.0. The molecule has 2 aromatic rings. The van der Waals surface area contributed by atoms with Crippen molar-refractivity contribution >= 4 is 10.9 Å². The molecule has 19 heavy (non-hydrogen) atoms. The van der Waals surface area contributed by atoms with Gasteiger partial charge < -0.3 is 15.4 Å². The fraction of sp³-hybridized carbons (Fsp3) is 0.400. The van der Waals surface area contributed by atoms with Crippen molar-refractivity contribution in [2.45, 2.75) is 26.8 Å². The molecule has 102 valence electrons. The Kier molecular flexibility index (Phi) is 4.35. The van der Waals surface area contributed by atoms with Gasteiger partial charge in [-0.05, 0) is 44.0 Å². The van der Waals surface area contributed by atoms with Crippen LogP contribution in [0.15, 0.2) is 23.0 Å². The third-order valence-corrected chi connectivity index (χ3v) is 3.35. The van der Waals surface area contributed by atoms with Crippen LogP contribution in [0.4, 0.5) is 0 Å². The second-order valence-corrected chi connectivity index (χ2v) is 4.87. The molecule has 4 nitrogen and oxygen atoms in total. The number of aliphatic hydroxyl groups is 1. The lowest BCUT2D eigenvalue weighted by molar-refractivity contribution is 0.286. The van der Waals surface area contributed by atoms with Crippen molar-refractivity contribution < 1.29 is 5.11 Å². The molecule has 0 saturated heterocycles. The molecule has 1 aromatic heterocycles. The predicted molar refractivity (Wildman–Crippen MR) is 77.5 cm³/mol. The van der Waals surface area contributed by atoms with Gasteiger partial charge in [-0.2, -0.15) is 0 Å². The zero-order chi connectivity index (χ0) is 13.8. The van der Waals surface area contributed by atoms with Crippen molar-refractivity contribution in [1.29, 1.82) is 0 Å². The van der Waals surface area contributed by atoms with E-state index in [0.29, 0.717) is 19.5 Å². The minimum Gasteiger partial charge on any atom is -0.396 e. The second kappa shape index (κ2) is 5.99. The molecule has 3 N–H and O–H groups in total. The Morgan fingerprint density at radius 2 is 2.00 bits per heavy atom. The van der Waals surface area contributed by atoms with E-state index in [1.54, 1.807) is 0 Å². The average Bonchev–Trinajstić information content (AvgIpc) is 2.40. The van der Waals surface area contributed by atoms with Crippen molar-refractivity contribution in [3.05, 3.63) is 45.2 Å². The quantitative estimate of drug-likeness (QED) is 0.716. The molecular formula is C15H20N2O2. The van der Waals surface area contributed by atoms with Gasteiger partial charge in [0.2, 0.25) is 0 Å². The van der Waals surface area contributed by atoms with Gasteiger partial charge in [0, 0.05) is 24.1 Å². The zero-order valence-corrected chi connectivity index (χ0v) is 11.4. The first-order valence-electron chi connectivity index (χ1n) is 6.57. The molecule has 1 aromatic carbocycles. The molecule has 0 bridgehead atoms. The van der Waals surface area contributed by atoms with E-state index in [9.17, 15) is 4.79 Å². The van der Waals surface area contributed by atoms with Crippen LogP contribution in [0.5, 0.6) is 0 Å². The average molecular weight is 260 g/mol. The van der Waals surface area contributed by atoms with E-state index in [2.05, 4.69) is 16.4 Å². The van der Waals surface area contributed by atoms with E-state index in [-0.39, 0.29) is 12.2 Å². The lowest BCUT2D eigenvalue weighted by Crippen LogP contribution is -2.22. The Hall–Kier alpha value is -1.65. The summed E-state index contributed by atoms with van der Waals surface area (Å²) in [5, 5.41) is 13.0. The van der Waals surface area contributed by atoms with Gasteiger partial charge in [-0.15, -0.1) is 0 Å². The van der Waals surface area contributed by atoms with Gasteiger partial charge in [-0.25, -0.2) is 0 Å². The van der Waals surface area contributed by atoms with Gasteiger partial charge in [0.05, 0.1) is 5.52 Å². The van der Waals surface area contributed by atoms with Crippen LogP contribution in [-0.2, 0) is 6.54 Å². The number of H-pyrrole nitrogens is 1. The Labute approximate surface area is 112 Å². The van der Waals surface area contributed by atoms with Gasteiger partial charge >= 0.3 is 0 Å². The minimum absolute atomic E-state index is 0.0438. The third-order valence-electron chi connectivity index (χ3n) is 3.35. The highest BCUT2D eigenvalue weighted by molar-refractivity contribution is 5.85. The summed E-state index contributed by atoms with van der Waals surface area (Å²) in [5.41, 5.74) is 3.85. The zero-order valence-electron chi connectivity index (χ0n) is 11.4. The van der Waals surface area contributed by atoms with Crippen molar-refractivity contribution in [2.24, 2.45) is 0 Å². The van der Waals surface area contributed by atoms with E-state index in [1.165, 1.54) is 0 Å². The van der Waals surface area contributed by atoms with Crippen LogP contribution < -0.4 is 10.9 Å². The fourth-order valence-corrected chi connectivity index (χ4v) is 2.18. The number of hydrogen-bond acceptors (Lipinski definition) is 3. The molecule has 0 amide bonds. The van der Waals surface area contributed by atoms with Gasteiger partial charge in [-0.3, -0.25) is 4.79 Å². The summed E-state index contributed by atoms with van der Waals surface area (Å²) < 4.78 is 0. The van der Waals surface area contributed by atoms with E-state index >= 15 is 0 Å². The highest BCUT2D eigenvalue weighted by Crippen LogP contribution is 2.19. The molecule has 2 rings (SSSR count). The topological polar surface area (TPSA) is 65.1 Å². The summed E-state index contributed by atoms with van der Waals surface area (Å²) in [6, 6.07) is 6.05. The molecule has 0 saturated carbocycles. The monoisotopic (exact) mass is 260 g/mol. The summed E-state index contributed by atoms with van der Waals surface area (Å²) >= 11 is 0. The normalized spacial score (nSPS) is 11.1. The van der Waals surface area contributed by atoms with Crippen LogP contribution in [0.1, 0.15) is 23.1 Å². The number of benzene rings is 1. The van der Waals surface area contributed by atoms with Crippen molar-refractivity contribution in [3.8, 4) is 0 Å². The molecule has 1 heterocycles. The van der Waals surface area contributed by atoms with Crippen molar-refractivity contribution in [2.75, 3.05) is 13.2 Å². The number of aryl methyl sites for hydroxylation is 2. The number of hydrogen-bond donors (Lipinski definition) is 3. The standard InChI is InChI=1S/C15H20N2O2/c1-10-4-5-11(2)14-13(10)8-12(15(19)17-14)9-16-6-3-7-18/h4-5,8,16,18H,3,6-7,9H2,1-2H3,(H,17,19). The van der Waals surface area contributed by atoms with Crippen LogP contribution in [0, 0.1) is 13.8 Å². The van der Waals surface area contributed by atoms with Crippen molar-refractivity contribution in [3.63, 3.8) is 0 Å². The summed E-state index contributed by atoms with van der Waals surface area (Å²) in [6.45, 7) is 5.44. The molecule has 0 aliphatic rings. The van der Waals surface area contributed by atoms with Gasteiger partial charge in [0.1, 0.15) is 0 Å². The van der Waals surface area contributed by atoms with Crippen LogP contribution in [0.3, 0.4) is 0 Å². The summed E-state index contributed by atoms with van der Waals surface area (Å²) in [6.07, 6.45) is 0.698. The smallest absolute Gasteiger partial charge is 0.252 e. The lowest BCUT2D eigenvalue weighted by atomic mass is 10.0. The molecule has 0 spiro atoms. The highest BCUT2D eigenvalue weighted by Gasteiger charge is 2.06. The van der Waals surface area contributed by atoms with E-state index < -0.39 is 0 Å². The fourth-order valence-electron chi connectivity index (χ4n) is 2.18. The molecular weight excluding hydrogens is 240 g/mol. The Morgan fingerprint density at radius 1 is 1.26 bits per heavy atom. The molecule has 0 unspecified atom stereocenters. The predicted octanol–water partition coefficient (Wildman–Crippen LogP) is 1.62. The number of aliphatic hydroxyl groups excluding tert-OH is 1.